The van der Waals surface area contributed by atoms with Gasteiger partial charge in [-0.1, -0.05) is 12.1 Å². The minimum Gasteiger partial charge on any atom is -0.370 e. The molecule has 4 rings (SSSR count). The van der Waals surface area contributed by atoms with E-state index in [1.165, 1.54) is 0 Å². The number of carbonyl (C=O) groups excluding carboxylic acids is 1. The molecule has 8 heteroatoms. The van der Waals surface area contributed by atoms with Gasteiger partial charge in [0.05, 0.1) is 24.1 Å². The summed E-state index contributed by atoms with van der Waals surface area (Å²) in [4.78, 5) is 18.8. The van der Waals surface area contributed by atoms with Crippen LogP contribution in [0, 0.1) is 0 Å². The summed E-state index contributed by atoms with van der Waals surface area (Å²) in [6.45, 7) is 1.76. The third-order valence-electron chi connectivity index (χ3n) is 4.67. The predicted octanol–water partition coefficient (Wildman–Crippen LogP) is 2.88. The van der Waals surface area contributed by atoms with Gasteiger partial charge in [-0.15, -0.1) is 10.2 Å². The Morgan fingerprint density at radius 2 is 2.07 bits per heavy atom. The molecule has 1 fully saturated rings. The molecule has 1 unspecified atom stereocenters. The Bertz CT molecular complexity index is 900. The van der Waals surface area contributed by atoms with Crippen molar-refractivity contribution < 1.29 is 9.53 Å². The van der Waals surface area contributed by atoms with Crippen LogP contribution in [-0.2, 0) is 11.3 Å². The van der Waals surface area contributed by atoms with E-state index < -0.39 is 0 Å². The third kappa shape index (κ3) is 4.52. The molecule has 1 aromatic carbocycles. The monoisotopic (exact) mass is 378 g/mol. The SMILES string of the molecule is O=C(Nc1cccc(-n2cnnc2)c1)N1CCCC(OCc2ccccn2)C1. The average Bonchev–Trinajstić information content (AvgIpc) is 3.28. The summed E-state index contributed by atoms with van der Waals surface area (Å²) < 4.78 is 7.76. The van der Waals surface area contributed by atoms with Gasteiger partial charge >= 0.3 is 6.03 Å². The summed E-state index contributed by atoms with van der Waals surface area (Å²) in [5.41, 5.74) is 2.51. The molecule has 28 heavy (non-hydrogen) atoms. The van der Waals surface area contributed by atoms with Crippen molar-refractivity contribution in [2.75, 3.05) is 18.4 Å². The van der Waals surface area contributed by atoms with Crippen molar-refractivity contribution in [2.24, 2.45) is 0 Å². The highest BCUT2D eigenvalue weighted by Crippen LogP contribution is 2.18. The Morgan fingerprint density at radius 3 is 2.89 bits per heavy atom. The second-order valence-electron chi connectivity index (χ2n) is 6.69. The Hall–Kier alpha value is -3.26. The zero-order valence-electron chi connectivity index (χ0n) is 15.4. The molecule has 1 aliphatic rings. The first kappa shape index (κ1) is 18.1. The van der Waals surface area contributed by atoms with Crippen molar-refractivity contribution in [3.05, 3.63) is 67.0 Å². The average molecular weight is 378 g/mol. The summed E-state index contributed by atoms with van der Waals surface area (Å²) in [5, 5.41) is 10.6. The molecule has 2 aromatic heterocycles. The lowest BCUT2D eigenvalue weighted by Crippen LogP contribution is -2.45. The number of anilines is 1. The van der Waals surface area contributed by atoms with Crippen LogP contribution in [0.1, 0.15) is 18.5 Å². The maximum absolute atomic E-state index is 12.7. The van der Waals surface area contributed by atoms with E-state index in [9.17, 15) is 4.79 Å². The van der Waals surface area contributed by atoms with Gasteiger partial charge in [-0.05, 0) is 43.2 Å². The minimum absolute atomic E-state index is 0.0184. The maximum atomic E-state index is 12.7. The molecule has 1 saturated heterocycles. The van der Waals surface area contributed by atoms with E-state index in [0.717, 1.165) is 36.5 Å². The number of hydrogen-bond donors (Lipinski definition) is 1. The molecule has 1 N–H and O–H groups in total. The van der Waals surface area contributed by atoms with Crippen molar-refractivity contribution in [3.8, 4) is 5.69 Å². The van der Waals surface area contributed by atoms with Gasteiger partial charge in [0.25, 0.3) is 0 Å². The minimum atomic E-state index is -0.118. The van der Waals surface area contributed by atoms with E-state index in [0.29, 0.717) is 13.2 Å². The number of urea groups is 1. The van der Waals surface area contributed by atoms with Crippen molar-refractivity contribution in [1.29, 1.82) is 0 Å². The van der Waals surface area contributed by atoms with Crippen molar-refractivity contribution in [1.82, 2.24) is 24.6 Å². The number of nitrogens with zero attached hydrogens (tertiary/aromatic N) is 5. The molecule has 0 bridgehead atoms. The number of hydrogen-bond acceptors (Lipinski definition) is 5. The first-order chi connectivity index (χ1) is 13.8. The Labute approximate surface area is 163 Å². The topological polar surface area (TPSA) is 85.2 Å². The van der Waals surface area contributed by atoms with Crippen LogP contribution in [0.2, 0.25) is 0 Å². The number of piperidine rings is 1. The number of ether oxygens (including phenoxy) is 1. The van der Waals surface area contributed by atoms with Crippen LogP contribution in [-0.4, -0.2) is 49.9 Å². The van der Waals surface area contributed by atoms with Gasteiger partial charge in [-0.3, -0.25) is 9.55 Å². The van der Waals surface area contributed by atoms with E-state index in [1.54, 1.807) is 28.3 Å². The second kappa shape index (κ2) is 8.62. The van der Waals surface area contributed by atoms with Crippen LogP contribution in [0.3, 0.4) is 0 Å². The van der Waals surface area contributed by atoms with Gasteiger partial charge in [0.2, 0.25) is 0 Å². The highest BCUT2D eigenvalue weighted by molar-refractivity contribution is 5.89. The number of pyridine rings is 1. The molecule has 3 aromatic rings. The molecule has 0 aliphatic carbocycles. The quantitative estimate of drug-likeness (QED) is 0.738. The fourth-order valence-electron chi connectivity index (χ4n) is 3.23. The first-order valence-electron chi connectivity index (χ1n) is 9.30. The molecular formula is C20H22N6O2. The molecule has 0 saturated carbocycles. The van der Waals surface area contributed by atoms with Crippen LogP contribution >= 0.6 is 0 Å². The van der Waals surface area contributed by atoms with E-state index in [1.807, 2.05) is 42.5 Å². The van der Waals surface area contributed by atoms with Crippen molar-refractivity contribution >= 4 is 11.7 Å². The van der Waals surface area contributed by atoms with E-state index in [4.69, 9.17) is 4.74 Å². The lowest BCUT2D eigenvalue weighted by Gasteiger charge is -2.32. The van der Waals surface area contributed by atoms with Gasteiger partial charge in [0.15, 0.2) is 0 Å². The third-order valence-corrected chi connectivity index (χ3v) is 4.67. The highest BCUT2D eigenvalue weighted by atomic mass is 16.5. The molecule has 1 aliphatic heterocycles. The van der Waals surface area contributed by atoms with Crippen LogP contribution in [0.4, 0.5) is 10.5 Å². The summed E-state index contributed by atoms with van der Waals surface area (Å²) in [6, 6.07) is 13.2. The zero-order valence-corrected chi connectivity index (χ0v) is 15.4. The predicted molar refractivity (Wildman–Crippen MR) is 104 cm³/mol. The summed E-state index contributed by atoms with van der Waals surface area (Å²) >= 11 is 0. The Morgan fingerprint density at radius 1 is 1.18 bits per heavy atom. The lowest BCUT2D eigenvalue weighted by atomic mass is 10.1. The number of benzene rings is 1. The normalized spacial score (nSPS) is 16.7. The summed E-state index contributed by atoms with van der Waals surface area (Å²) in [6.07, 6.45) is 6.88. The fourth-order valence-corrected chi connectivity index (χ4v) is 3.23. The van der Waals surface area contributed by atoms with E-state index in [-0.39, 0.29) is 12.1 Å². The van der Waals surface area contributed by atoms with Gasteiger partial charge in [0, 0.05) is 25.0 Å². The molecule has 8 nitrogen and oxygen atoms in total. The number of likely N-dealkylation sites (tertiary alicyclic amines) is 1. The number of amides is 2. The largest absolute Gasteiger partial charge is 0.370 e. The summed E-state index contributed by atoms with van der Waals surface area (Å²) in [7, 11) is 0. The lowest BCUT2D eigenvalue weighted by molar-refractivity contribution is -0.000325. The van der Waals surface area contributed by atoms with Crippen LogP contribution in [0.25, 0.3) is 5.69 Å². The zero-order chi connectivity index (χ0) is 19.2. The van der Waals surface area contributed by atoms with E-state index >= 15 is 0 Å². The number of aromatic nitrogens is 4. The van der Waals surface area contributed by atoms with Gasteiger partial charge in [-0.25, -0.2) is 4.79 Å². The Kier molecular flexibility index (Phi) is 5.58. The van der Waals surface area contributed by atoms with Crippen molar-refractivity contribution in [3.63, 3.8) is 0 Å². The summed E-state index contributed by atoms with van der Waals surface area (Å²) in [5.74, 6) is 0. The first-order valence-corrected chi connectivity index (χ1v) is 9.30. The fraction of sp³-hybridized carbons (Fsp3) is 0.300. The van der Waals surface area contributed by atoms with Gasteiger partial charge in [-0.2, -0.15) is 0 Å². The molecule has 1 atom stereocenters. The number of nitrogens with one attached hydrogen (secondary N) is 1. The van der Waals surface area contributed by atoms with Crippen LogP contribution < -0.4 is 5.32 Å². The van der Waals surface area contributed by atoms with Crippen molar-refractivity contribution in [2.45, 2.75) is 25.6 Å². The highest BCUT2D eigenvalue weighted by Gasteiger charge is 2.24. The molecule has 3 heterocycles. The van der Waals surface area contributed by atoms with Crippen LogP contribution in [0.5, 0.6) is 0 Å². The Balaban J connectivity index is 1.33. The standard InChI is InChI=1S/C20H22N6O2/c27-20(24-16-6-3-7-18(11-16)26-14-22-23-15-26)25-10-4-8-19(12-25)28-13-17-5-1-2-9-21-17/h1-3,5-7,9,11,14-15,19H,4,8,10,12-13H2,(H,24,27). The van der Waals surface area contributed by atoms with Gasteiger partial charge < -0.3 is 15.0 Å². The van der Waals surface area contributed by atoms with Crippen LogP contribution in [0.15, 0.2) is 61.3 Å². The molecule has 144 valence electrons. The maximum Gasteiger partial charge on any atom is 0.321 e. The molecular weight excluding hydrogens is 356 g/mol. The second-order valence-corrected chi connectivity index (χ2v) is 6.69. The number of carbonyl (C=O) groups is 1. The van der Waals surface area contributed by atoms with Gasteiger partial charge in [0.1, 0.15) is 12.7 Å². The molecule has 0 spiro atoms. The molecule has 2 amide bonds. The smallest absolute Gasteiger partial charge is 0.321 e. The number of rotatable bonds is 5. The molecule has 0 radical (unpaired) electrons. The van der Waals surface area contributed by atoms with E-state index in [2.05, 4.69) is 20.5 Å².